The van der Waals surface area contributed by atoms with E-state index in [1.807, 2.05) is 43.3 Å². The van der Waals surface area contributed by atoms with Crippen molar-refractivity contribution in [3.63, 3.8) is 0 Å². The van der Waals surface area contributed by atoms with Crippen LogP contribution in [0.15, 0.2) is 55.0 Å². The van der Waals surface area contributed by atoms with Gasteiger partial charge in [0.1, 0.15) is 5.82 Å². The van der Waals surface area contributed by atoms with Crippen LogP contribution in [0.4, 0.5) is 11.6 Å². The molecule has 1 unspecified atom stereocenters. The van der Waals surface area contributed by atoms with E-state index >= 15 is 0 Å². The van der Waals surface area contributed by atoms with Gasteiger partial charge in [-0.1, -0.05) is 6.07 Å². The lowest BCUT2D eigenvalue weighted by molar-refractivity contribution is -0.120. The number of carbonyl (C=O) groups is 1. The Bertz CT molecular complexity index is 945. The first-order valence-electron chi connectivity index (χ1n) is 9.42. The molecule has 7 heteroatoms. The second kappa shape index (κ2) is 8.12. The Morgan fingerprint density at radius 3 is 2.71 bits per heavy atom. The van der Waals surface area contributed by atoms with Gasteiger partial charge in [-0.15, -0.1) is 10.2 Å². The quantitative estimate of drug-likeness (QED) is 0.755. The van der Waals surface area contributed by atoms with E-state index in [1.54, 1.807) is 18.6 Å². The monoisotopic (exact) mass is 374 g/mol. The highest BCUT2D eigenvalue weighted by atomic mass is 16.2. The van der Waals surface area contributed by atoms with E-state index in [2.05, 4.69) is 30.4 Å². The third-order valence-electron chi connectivity index (χ3n) is 4.99. The molecule has 3 aromatic heterocycles. The molecule has 0 bridgehead atoms. The molecule has 1 amide bonds. The van der Waals surface area contributed by atoms with Crippen LogP contribution in [0.5, 0.6) is 0 Å². The Hall–Kier alpha value is -3.35. The number of pyridine rings is 2. The maximum atomic E-state index is 12.7. The van der Waals surface area contributed by atoms with E-state index in [-0.39, 0.29) is 11.8 Å². The third-order valence-corrected chi connectivity index (χ3v) is 4.99. The van der Waals surface area contributed by atoms with Gasteiger partial charge in [0.05, 0.1) is 11.6 Å². The number of nitrogens with one attached hydrogen (secondary N) is 1. The van der Waals surface area contributed by atoms with Crippen molar-refractivity contribution in [2.75, 3.05) is 23.3 Å². The Morgan fingerprint density at radius 1 is 1.11 bits per heavy atom. The summed E-state index contributed by atoms with van der Waals surface area (Å²) >= 11 is 0. The lowest BCUT2D eigenvalue weighted by Gasteiger charge is -2.32. The minimum Gasteiger partial charge on any atom is -0.354 e. The van der Waals surface area contributed by atoms with E-state index in [1.165, 1.54) is 0 Å². The standard InChI is InChI=1S/C21H22N6O/c1-15-4-2-10-23-20(15)24-21(28)17-5-3-13-27(14-17)19-7-6-18(25-26-19)16-8-11-22-12-9-16/h2,4,6-12,17H,3,5,13-14H2,1H3,(H,23,24,28). The SMILES string of the molecule is Cc1cccnc1NC(=O)C1CCCN(c2ccc(-c3ccncc3)nn2)C1. The van der Waals surface area contributed by atoms with Crippen LogP contribution in [0.3, 0.4) is 0 Å². The highest BCUT2D eigenvalue weighted by Gasteiger charge is 2.27. The number of rotatable bonds is 4. The first kappa shape index (κ1) is 18.0. The van der Waals surface area contributed by atoms with Gasteiger partial charge in [-0.2, -0.15) is 0 Å². The fourth-order valence-electron chi connectivity index (χ4n) is 3.41. The molecule has 0 aromatic carbocycles. The average Bonchev–Trinajstić information content (AvgIpc) is 2.76. The minimum atomic E-state index is -0.100. The van der Waals surface area contributed by atoms with Crippen molar-refractivity contribution in [3.05, 3.63) is 60.6 Å². The molecule has 0 aliphatic carbocycles. The number of hydrogen-bond acceptors (Lipinski definition) is 6. The molecule has 1 fully saturated rings. The zero-order valence-corrected chi connectivity index (χ0v) is 15.7. The van der Waals surface area contributed by atoms with E-state index in [0.717, 1.165) is 42.0 Å². The summed E-state index contributed by atoms with van der Waals surface area (Å²) in [5.41, 5.74) is 2.75. The smallest absolute Gasteiger partial charge is 0.230 e. The Labute approximate surface area is 163 Å². The van der Waals surface area contributed by atoms with Crippen molar-refractivity contribution in [2.45, 2.75) is 19.8 Å². The lowest BCUT2D eigenvalue weighted by atomic mass is 9.97. The molecule has 3 aromatic rings. The summed E-state index contributed by atoms with van der Waals surface area (Å²) in [4.78, 5) is 23.1. The minimum absolute atomic E-state index is 0.00728. The van der Waals surface area contributed by atoms with Crippen LogP contribution in [0.2, 0.25) is 0 Å². The summed E-state index contributed by atoms with van der Waals surface area (Å²) in [5.74, 6) is 1.33. The van der Waals surface area contributed by atoms with Gasteiger partial charge in [0, 0.05) is 37.2 Å². The fourth-order valence-corrected chi connectivity index (χ4v) is 3.41. The number of piperidine rings is 1. The number of nitrogens with zero attached hydrogens (tertiary/aromatic N) is 5. The number of amides is 1. The number of aryl methyl sites for hydroxylation is 1. The van der Waals surface area contributed by atoms with Crippen molar-refractivity contribution >= 4 is 17.5 Å². The highest BCUT2D eigenvalue weighted by molar-refractivity contribution is 5.92. The topological polar surface area (TPSA) is 83.9 Å². The molecule has 1 aliphatic rings. The van der Waals surface area contributed by atoms with Gasteiger partial charge < -0.3 is 10.2 Å². The Balaban J connectivity index is 1.43. The van der Waals surface area contributed by atoms with E-state index < -0.39 is 0 Å². The molecule has 7 nitrogen and oxygen atoms in total. The van der Waals surface area contributed by atoms with Gasteiger partial charge in [-0.05, 0) is 55.7 Å². The predicted molar refractivity (Wildman–Crippen MR) is 108 cm³/mol. The zero-order valence-electron chi connectivity index (χ0n) is 15.7. The van der Waals surface area contributed by atoms with E-state index in [4.69, 9.17) is 0 Å². The molecule has 142 valence electrons. The van der Waals surface area contributed by atoms with Crippen LogP contribution < -0.4 is 10.2 Å². The molecule has 0 radical (unpaired) electrons. The number of carbonyl (C=O) groups excluding carboxylic acids is 1. The van der Waals surface area contributed by atoms with Gasteiger partial charge in [0.15, 0.2) is 5.82 Å². The number of aromatic nitrogens is 4. The highest BCUT2D eigenvalue weighted by Crippen LogP contribution is 2.24. The first-order valence-corrected chi connectivity index (χ1v) is 9.42. The predicted octanol–water partition coefficient (Wildman–Crippen LogP) is 3.10. The number of anilines is 2. The second-order valence-corrected chi connectivity index (χ2v) is 6.96. The summed E-state index contributed by atoms with van der Waals surface area (Å²) in [6.45, 7) is 3.44. The normalized spacial score (nSPS) is 16.6. The van der Waals surface area contributed by atoms with E-state index in [0.29, 0.717) is 12.4 Å². The van der Waals surface area contributed by atoms with Crippen molar-refractivity contribution < 1.29 is 4.79 Å². The Kier molecular flexibility index (Phi) is 5.23. The van der Waals surface area contributed by atoms with Crippen molar-refractivity contribution in [1.29, 1.82) is 0 Å². The van der Waals surface area contributed by atoms with Crippen LogP contribution in [0.25, 0.3) is 11.3 Å². The maximum Gasteiger partial charge on any atom is 0.230 e. The third kappa shape index (κ3) is 3.98. The summed E-state index contributed by atoms with van der Waals surface area (Å²) in [6, 6.07) is 11.5. The molecule has 0 saturated carbocycles. The maximum absolute atomic E-state index is 12.7. The van der Waals surface area contributed by atoms with Gasteiger partial charge >= 0.3 is 0 Å². The van der Waals surface area contributed by atoms with Crippen LogP contribution in [-0.4, -0.2) is 39.2 Å². The molecular weight excluding hydrogens is 352 g/mol. The van der Waals surface area contributed by atoms with Crippen LogP contribution in [-0.2, 0) is 4.79 Å². The molecule has 1 N–H and O–H groups in total. The van der Waals surface area contributed by atoms with E-state index in [9.17, 15) is 4.79 Å². The number of hydrogen-bond donors (Lipinski definition) is 1. The van der Waals surface area contributed by atoms with Gasteiger partial charge in [0.2, 0.25) is 5.91 Å². The van der Waals surface area contributed by atoms with Crippen LogP contribution in [0, 0.1) is 12.8 Å². The molecule has 0 spiro atoms. The molecule has 1 aliphatic heterocycles. The molecule has 1 saturated heterocycles. The molecule has 28 heavy (non-hydrogen) atoms. The van der Waals surface area contributed by atoms with Crippen molar-refractivity contribution in [1.82, 2.24) is 20.2 Å². The average molecular weight is 374 g/mol. The molecule has 4 rings (SSSR count). The molecule has 1 atom stereocenters. The zero-order chi connectivity index (χ0) is 19.3. The van der Waals surface area contributed by atoms with Crippen molar-refractivity contribution in [2.24, 2.45) is 5.92 Å². The van der Waals surface area contributed by atoms with Gasteiger partial charge in [-0.25, -0.2) is 4.98 Å². The summed E-state index contributed by atoms with van der Waals surface area (Å²) in [6.07, 6.45) is 6.96. The Morgan fingerprint density at radius 2 is 1.96 bits per heavy atom. The van der Waals surface area contributed by atoms with Crippen LogP contribution >= 0.6 is 0 Å². The lowest BCUT2D eigenvalue weighted by Crippen LogP contribution is -2.41. The fraction of sp³-hybridized carbons (Fsp3) is 0.286. The van der Waals surface area contributed by atoms with Crippen LogP contribution in [0.1, 0.15) is 18.4 Å². The second-order valence-electron chi connectivity index (χ2n) is 6.96. The first-order chi connectivity index (χ1) is 13.7. The van der Waals surface area contributed by atoms with Gasteiger partial charge in [0.25, 0.3) is 0 Å². The largest absolute Gasteiger partial charge is 0.354 e. The van der Waals surface area contributed by atoms with Gasteiger partial charge in [-0.3, -0.25) is 9.78 Å². The summed E-state index contributed by atoms with van der Waals surface area (Å²) in [5, 5.41) is 11.7. The van der Waals surface area contributed by atoms with Crippen molar-refractivity contribution in [3.8, 4) is 11.3 Å². The molecular formula is C21H22N6O. The summed E-state index contributed by atoms with van der Waals surface area (Å²) < 4.78 is 0. The molecule has 4 heterocycles. The summed E-state index contributed by atoms with van der Waals surface area (Å²) in [7, 11) is 0.